The maximum atomic E-state index is 12.0. The molecule has 0 saturated carbocycles. The van der Waals surface area contributed by atoms with Gasteiger partial charge in [-0.2, -0.15) is 0 Å². The Balaban J connectivity index is 4.04. The summed E-state index contributed by atoms with van der Waals surface area (Å²) in [6.45, 7) is 11.5. The lowest BCUT2D eigenvalue weighted by Crippen LogP contribution is -2.34. The third-order valence-electron chi connectivity index (χ3n) is 2.93. The molecule has 0 aromatic heterocycles. The van der Waals surface area contributed by atoms with Gasteiger partial charge in [-0.15, -0.1) is 0 Å². The lowest BCUT2D eigenvalue weighted by Gasteiger charge is -2.28. The van der Waals surface area contributed by atoms with Crippen LogP contribution in [0.3, 0.4) is 0 Å². The minimum absolute atomic E-state index is 0.182. The molecule has 0 aliphatic carbocycles. The second-order valence-electron chi connectivity index (χ2n) is 6.81. The first-order valence-electron chi connectivity index (χ1n) is 7.47. The van der Waals surface area contributed by atoms with Gasteiger partial charge in [0.05, 0.1) is 12.0 Å². The molecule has 0 unspecified atom stereocenters. The van der Waals surface area contributed by atoms with Crippen LogP contribution in [0.4, 0.5) is 0 Å². The minimum atomic E-state index is -0.642. The van der Waals surface area contributed by atoms with Crippen molar-refractivity contribution in [2.24, 2.45) is 5.41 Å². The van der Waals surface area contributed by atoms with Crippen molar-refractivity contribution in [2.45, 2.75) is 79.2 Å². The van der Waals surface area contributed by atoms with Crippen LogP contribution < -0.4 is 0 Å². The van der Waals surface area contributed by atoms with Crippen LogP contribution in [0.2, 0.25) is 0 Å². The van der Waals surface area contributed by atoms with Crippen molar-refractivity contribution in [3.05, 3.63) is 0 Å². The first-order chi connectivity index (χ1) is 9.08. The second kappa shape index (κ2) is 8.28. The molecule has 0 radical (unpaired) electrons. The van der Waals surface area contributed by atoms with Crippen LogP contribution in [0.5, 0.6) is 0 Å². The van der Waals surface area contributed by atoms with Crippen molar-refractivity contribution >= 4 is 11.9 Å². The molecule has 0 heterocycles. The van der Waals surface area contributed by atoms with Gasteiger partial charge in [0.25, 0.3) is 0 Å². The Hall–Kier alpha value is -1.06. The molecular formula is C16H30O4. The Kier molecular flexibility index (Phi) is 7.84. The normalized spacial score (nSPS) is 12.1. The van der Waals surface area contributed by atoms with E-state index >= 15 is 0 Å². The Bertz CT molecular complexity index is 313. The SMILES string of the molecule is CCCCCC(=O)OCCC(C)(C)C(=O)OC(C)(C)C. The molecule has 4 nitrogen and oxygen atoms in total. The lowest BCUT2D eigenvalue weighted by molar-refractivity contribution is -0.167. The van der Waals surface area contributed by atoms with Crippen LogP contribution in [0.25, 0.3) is 0 Å². The summed E-state index contributed by atoms with van der Waals surface area (Å²) < 4.78 is 10.5. The molecule has 0 aliphatic rings. The molecule has 0 fully saturated rings. The van der Waals surface area contributed by atoms with Crippen molar-refractivity contribution in [1.82, 2.24) is 0 Å². The number of ether oxygens (including phenoxy) is 2. The highest BCUT2D eigenvalue weighted by molar-refractivity contribution is 5.76. The average Bonchev–Trinajstić information content (AvgIpc) is 2.26. The summed E-state index contributed by atoms with van der Waals surface area (Å²) in [5, 5.41) is 0. The number of carbonyl (C=O) groups excluding carboxylic acids is 2. The summed E-state index contributed by atoms with van der Waals surface area (Å²) in [6.07, 6.45) is 3.92. The molecule has 20 heavy (non-hydrogen) atoms. The Morgan fingerprint density at radius 2 is 1.60 bits per heavy atom. The van der Waals surface area contributed by atoms with Gasteiger partial charge in [0.1, 0.15) is 5.60 Å². The molecule has 0 atom stereocenters. The second-order valence-corrected chi connectivity index (χ2v) is 6.81. The molecule has 0 spiro atoms. The third-order valence-corrected chi connectivity index (χ3v) is 2.93. The van der Waals surface area contributed by atoms with Gasteiger partial charge < -0.3 is 9.47 Å². The number of unbranched alkanes of at least 4 members (excludes halogenated alkanes) is 2. The van der Waals surface area contributed by atoms with E-state index in [0.717, 1.165) is 19.3 Å². The van der Waals surface area contributed by atoms with Gasteiger partial charge in [0.15, 0.2) is 0 Å². The molecular weight excluding hydrogens is 256 g/mol. The molecule has 0 bridgehead atoms. The number of carbonyl (C=O) groups is 2. The zero-order chi connectivity index (χ0) is 15.8. The fraction of sp³-hybridized carbons (Fsp3) is 0.875. The van der Waals surface area contributed by atoms with Crippen LogP contribution in [0, 0.1) is 5.41 Å². The van der Waals surface area contributed by atoms with E-state index in [-0.39, 0.29) is 18.5 Å². The average molecular weight is 286 g/mol. The predicted octanol–water partition coefficient (Wildman–Crippen LogP) is 3.87. The smallest absolute Gasteiger partial charge is 0.312 e. The highest BCUT2D eigenvalue weighted by atomic mass is 16.6. The van der Waals surface area contributed by atoms with Crippen molar-refractivity contribution < 1.29 is 19.1 Å². The van der Waals surface area contributed by atoms with E-state index in [1.807, 2.05) is 34.6 Å². The van der Waals surface area contributed by atoms with Gasteiger partial charge in [-0.1, -0.05) is 19.8 Å². The first-order valence-corrected chi connectivity index (χ1v) is 7.47. The Labute approximate surface area is 123 Å². The van der Waals surface area contributed by atoms with Gasteiger partial charge in [-0.3, -0.25) is 9.59 Å². The fourth-order valence-corrected chi connectivity index (χ4v) is 1.53. The summed E-state index contributed by atoms with van der Waals surface area (Å²) in [6, 6.07) is 0. The van der Waals surface area contributed by atoms with Gasteiger partial charge in [-0.25, -0.2) is 0 Å². The van der Waals surface area contributed by atoms with Gasteiger partial charge in [-0.05, 0) is 47.5 Å². The molecule has 118 valence electrons. The van der Waals surface area contributed by atoms with Gasteiger partial charge >= 0.3 is 11.9 Å². The fourth-order valence-electron chi connectivity index (χ4n) is 1.53. The zero-order valence-corrected chi connectivity index (χ0v) is 13.9. The van der Waals surface area contributed by atoms with Gasteiger partial charge in [0, 0.05) is 6.42 Å². The van der Waals surface area contributed by atoms with E-state index in [1.54, 1.807) is 0 Å². The topological polar surface area (TPSA) is 52.6 Å². The van der Waals surface area contributed by atoms with Gasteiger partial charge in [0.2, 0.25) is 0 Å². The summed E-state index contributed by atoms with van der Waals surface area (Å²) >= 11 is 0. The number of hydrogen-bond acceptors (Lipinski definition) is 4. The Morgan fingerprint density at radius 3 is 2.10 bits per heavy atom. The monoisotopic (exact) mass is 286 g/mol. The maximum Gasteiger partial charge on any atom is 0.312 e. The van der Waals surface area contributed by atoms with Crippen LogP contribution >= 0.6 is 0 Å². The highest BCUT2D eigenvalue weighted by Gasteiger charge is 2.32. The maximum absolute atomic E-state index is 12.0. The van der Waals surface area contributed by atoms with E-state index < -0.39 is 11.0 Å². The standard InChI is InChI=1S/C16H30O4/c1-7-8-9-10-13(17)19-12-11-16(5,6)14(18)20-15(2,3)4/h7-12H2,1-6H3. The molecule has 0 saturated heterocycles. The highest BCUT2D eigenvalue weighted by Crippen LogP contribution is 2.25. The quantitative estimate of drug-likeness (QED) is 0.502. The van der Waals surface area contributed by atoms with Crippen LogP contribution in [0.1, 0.15) is 73.6 Å². The first kappa shape index (κ1) is 18.9. The molecule has 0 N–H and O–H groups in total. The van der Waals surface area contributed by atoms with Crippen molar-refractivity contribution in [1.29, 1.82) is 0 Å². The lowest BCUT2D eigenvalue weighted by atomic mass is 9.89. The third kappa shape index (κ3) is 8.94. The van der Waals surface area contributed by atoms with E-state index in [4.69, 9.17) is 9.47 Å². The minimum Gasteiger partial charge on any atom is -0.466 e. The molecule has 0 amide bonds. The number of hydrogen-bond donors (Lipinski definition) is 0. The molecule has 0 aliphatic heterocycles. The van der Waals surface area contributed by atoms with Crippen molar-refractivity contribution in [3.63, 3.8) is 0 Å². The van der Waals surface area contributed by atoms with E-state index in [9.17, 15) is 9.59 Å². The number of rotatable bonds is 8. The van der Waals surface area contributed by atoms with Crippen LogP contribution in [-0.2, 0) is 19.1 Å². The summed E-state index contributed by atoms with van der Waals surface area (Å²) in [5.74, 6) is -0.439. The molecule has 0 aromatic carbocycles. The van der Waals surface area contributed by atoms with Crippen LogP contribution in [-0.4, -0.2) is 24.1 Å². The largest absolute Gasteiger partial charge is 0.466 e. The summed E-state index contributed by atoms with van der Waals surface area (Å²) in [4.78, 5) is 23.5. The Morgan fingerprint density at radius 1 is 1.00 bits per heavy atom. The van der Waals surface area contributed by atoms with E-state index in [1.165, 1.54) is 0 Å². The zero-order valence-electron chi connectivity index (χ0n) is 13.9. The molecule has 0 aromatic rings. The number of esters is 2. The summed E-state index contributed by atoms with van der Waals surface area (Å²) in [7, 11) is 0. The summed E-state index contributed by atoms with van der Waals surface area (Å²) in [5.41, 5.74) is -1.14. The van der Waals surface area contributed by atoms with Crippen LogP contribution in [0.15, 0.2) is 0 Å². The van der Waals surface area contributed by atoms with E-state index in [0.29, 0.717) is 12.8 Å². The van der Waals surface area contributed by atoms with Crippen molar-refractivity contribution in [2.75, 3.05) is 6.61 Å². The molecule has 0 rings (SSSR count). The van der Waals surface area contributed by atoms with E-state index in [2.05, 4.69) is 6.92 Å². The predicted molar refractivity (Wildman–Crippen MR) is 79.3 cm³/mol. The molecule has 4 heteroatoms. The van der Waals surface area contributed by atoms with Crippen molar-refractivity contribution in [3.8, 4) is 0 Å².